The van der Waals surface area contributed by atoms with Crippen LogP contribution < -0.4 is 4.90 Å². The van der Waals surface area contributed by atoms with Crippen LogP contribution in [0.1, 0.15) is 16.8 Å². The van der Waals surface area contributed by atoms with E-state index < -0.39 is 10.0 Å². The first-order chi connectivity index (χ1) is 14.8. The Morgan fingerprint density at radius 2 is 1.58 bits per heavy atom. The average molecular weight is 441 g/mol. The quantitative estimate of drug-likeness (QED) is 0.609. The summed E-state index contributed by atoms with van der Waals surface area (Å²) in [6.45, 7) is 3.89. The monoisotopic (exact) mass is 440 g/mol. The Bertz CT molecular complexity index is 1160. The van der Waals surface area contributed by atoms with Gasteiger partial charge < -0.3 is 4.90 Å². The van der Waals surface area contributed by atoms with Crippen molar-refractivity contribution in [1.82, 2.24) is 14.3 Å². The molecule has 1 aliphatic heterocycles. The van der Waals surface area contributed by atoms with Crippen molar-refractivity contribution in [3.8, 4) is 11.4 Å². The van der Waals surface area contributed by atoms with Crippen LogP contribution in [0.25, 0.3) is 11.4 Å². The summed E-state index contributed by atoms with van der Waals surface area (Å²) in [4.78, 5) is 11.8. The van der Waals surface area contributed by atoms with Crippen molar-refractivity contribution in [2.75, 3.05) is 37.3 Å². The molecule has 4 rings (SSSR count). The minimum Gasteiger partial charge on any atom is -0.354 e. The largest absolute Gasteiger partial charge is 0.354 e. The van der Waals surface area contributed by atoms with Crippen LogP contribution >= 0.6 is 0 Å². The molecular formula is C23H25FN4O2S. The predicted octanol–water partition coefficient (Wildman–Crippen LogP) is 3.26. The van der Waals surface area contributed by atoms with E-state index >= 15 is 0 Å². The number of hydrogen-bond donors (Lipinski definition) is 0. The average Bonchev–Trinajstić information content (AvgIpc) is 2.76. The Labute approximate surface area is 182 Å². The summed E-state index contributed by atoms with van der Waals surface area (Å²) in [5.74, 6) is 1.18. The van der Waals surface area contributed by atoms with Crippen LogP contribution in [-0.4, -0.2) is 55.1 Å². The fourth-order valence-corrected chi connectivity index (χ4v) is 4.63. The molecule has 0 amide bonds. The third-order valence-corrected chi connectivity index (χ3v) is 6.83. The van der Waals surface area contributed by atoms with E-state index in [1.165, 1.54) is 22.7 Å². The number of hydrogen-bond acceptors (Lipinski definition) is 5. The highest BCUT2D eigenvalue weighted by Gasteiger charge is 2.26. The number of aryl methyl sites for hydroxylation is 1. The lowest BCUT2D eigenvalue weighted by Gasteiger charge is -2.35. The second-order valence-electron chi connectivity index (χ2n) is 7.75. The van der Waals surface area contributed by atoms with Gasteiger partial charge in [0.2, 0.25) is 10.0 Å². The molecular weight excluding hydrogens is 415 g/mol. The maximum atomic E-state index is 13.4. The molecule has 31 heavy (non-hydrogen) atoms. The van der Waals surface area contributed by atoms with E-state index in [2.05, 4.69) is 4.90 Å². The molecule has 0 saturated carbocycles. The molecule has 1 fully saturated rings. The highest BCUT2D eigenvalue weighted by Crippen LogP contribution is 2.28. The highest BCUT2D eigenvalue weighted by atomic mass is 32.2. The smallest absolute Gasteiger partial charge is 0.211 e. The normalized spacial score (nSPS) is 15.3. The minimum absolute atomic E-state index is 0.270. The Kier molecular flexibility index (Phi) is 6.02. The lowest BCUT2D eigenvalue weighted by atomic mass is 10.0. The summed E-state index contributed by atoms with van der Waals surface area (Å²) in [5.41, 5.74) is 3.73. The van der Waals surface area contributed by atoms with E-state index in [-0.39, 0.29) is 5.82 Å². The van der Waals surface area contributed by atoms with Crippen molar-refractivity contribution in [3.05, 3.63) is 77.2 Å². The number of rotatable bonds is 5. The van der Waals surface area contributed by atoms with E-state index in [0.717, 1.165) is 28.2 Å². The molecule has 0 atom stereocenters. The van der Waals surface area contributed by atoms with Crippen LogP contribution in [0, 0.1) is 12.7 Å². The topological polar surface area (TPSA) is 66.4 Å². The molecule has 0 radical (unpaired) electrons. The first-order valence-electron chi connectivity index (χ1n) is 10.2. The molecule has 0 unspecified atom stereocenters. The molecule has 3 aromatic rings. The molecule has 1 saturated heterocycles. The van der Waals surface area contributed by atoms with Crippen LogP contribution in [0.15, 0.2) is 54.6 Å². The zero-order chi connectivity index (χ0) is 22.0. The predicted molar refractivity (Wildman–Crippen MR) is 120 cm³/mol. The third-order valence-electron chi connectivity index (χ3n) is 5.53. The molecule has 1 aromatic heterocycles. The highest BCUT2D eigenvalue weighted by molar-refractivity contribution is 7.88. The summed E-state index contributed by atoms with van der Waals surface area (Å²) in [5, 5.41) is 0. The fourth-order valence-electron chi connectivity index (χ4n) is 3.80. The van der Waals surface area contributed by atoms with Crippen LogP contribution in [0.4, 0.5) is 10.2 Å². The van der Waals surface area contributed by atoms with Crippen LogP contribution in [0.5, 0.6) is 0 Å². The standard InChI is InChI=1S/C23H25FN4O2S/c1-17-21(16-18-8-10-20(24)11-9-18)23(26-22(25-17)19-6-4-3-5-7-19)27-12-14-28(15-13-27)31(2,29)30/h3-11H,12-16H2,1-2H3. The Balaban J connectivity index is 1.72. The fraction of sp³-hybridized carbons (Fsp3) is 0.304. The van der Waals surface area contributed by atoms with E-state index in [0.29, 0.717) is 38.4 Å². The van der Waals surface area contributed by atoms with Gasteiger partial charge in [0, 0.05) is 49.4 Å². The number of halogens is 1. The maximum Gasteiger partial charge on any atom is 0.211 e. The molecule has 1 aliphatic rings. The van der Waals surface area contributed by atoms with Crippen molar-refractivity contribution < 1.29 is 12.8 Å². The first kappa shape index (κ1) is 21.4. The molecule has 2 heterocycles. The van der Waals surface area contributed by atoms with Gasteiger partial charge in [0.25, 0.3) is 0 Å². The zero-order valence-electron chi connectivity index (χ0n) is 17.6. The molecule has 8 heteroatoms. The molecule has 6 nitrogen and oxygen atoms in total. The number of nitrogens with zero attached hydrogens (tertiary/aromatic N) is 4. The lowest BCUT2D eigenvalue weighted by Crippen LogP contribution is -2.49. The summed E-state index contributed by atoms with van der Waals surface area (Å²) in [6, 6.07) is 16.2. The molecule has 0 bridgehead atoms. The molecule has 0 spiro atoms. The van der Waals surface area contributed by atoms with Crippen molar-refractivity contribution in [1.29, 1.82) is 0 Å². The second kappa shape index (κ2) is 8.72. The second-order valence-corrected chi connectivity index (χ2v) is 9.74. The van der Waals surface area contributed by atoms with Crippen LogP contribution in [0.2, 0.25) is 0 Å². The van der Waals surface area contributed by atoms with Crippen molar-refractivity contribution in [2.24, 2.45) is 0 Å². The summed E-state index contributed by atoms with van der Waals surface area (Å²) < 4.78 is 38.7. The maximum absolute atomic E-state index is 13.4. The van der Waals surface area contributed by atoms with E-state index in [1.54, 1.807) is 12.1 Å². The van der Waals surface area contributed by atoms with Crippen molar-refractivity contribution >= 4 is 15.8 Å². The van der Waals surface area contributed by atoms with Crippen molar-refractivity contribution in [3.63, 3.8) is 0 Å². The molecule has 0 N–H and O–H groups in total. The first-order valence-corrected chi connectivity index (χ1v) is 12.0. The van der Waals surface area contributed by atoms with Gasteiger partial charge in [0.1, 0.15) is 11.6 Å². The van der Waals surface area contributed by atoms with E-state index in [9.17, 15) is 12.8 Å². The lowest BCUT2D eigenvalue weighted by molar-refractivity contribution is 0.386. The van der Waals surface area contributed by atoms with Gasteiger partial charge >= 0.3 is 0 Å². The summed E-state index contributed by atoms with van der Waals surface area (Å²) in [7, 11) is -3.22. The van der Waals surface area contributed by atoms with Crippen molar-refractivity contribution in [2.45, 2.75) is 13.3 Å². The van der Waals surface area contributed by atoms with Gasteiger partial charge in [-0.15, -0.1) is 0 Å². The van der Waals surface area contributed by atoms with Gasteiger partial charge in [0.05, 0.1) is 6.26 Å². The van der Waals surface area contributed by atoms with Gasteiger partial charge in [0.15, 0.2) is 5.82 Å². The zero-order valence-corrected chi connectivity index (χ0v) is 18.4. The number of piperazine rings is 1. The molecule has 0 aliphatic carbocycles. The van der Waals surface area contributed by atoms with Crippen LogP contribution in [0.3, 0.4) is 0 Å². The minimum atomic E-state index is -3.22. The van der Waals surface area contributed by atoms with Gasteiger partial charge in [-0.2, -0.15) is 4.31 Å². The number of aromatic nitrogens is 2. The Morgan fingerprint density at radius 3 is 2.19 bits per heavy atom. The van der Waals surface area contributed by atoms with Crippen LogP contribution in [-0.2, 0) is 16.4 Å². The third kappa shape index (κ3) is 4.91. The molecule has 2 aromatic carbocycles. The summed E-state index contributed by atoms with van der Waals surface area (Å²) in [6.07, 6.45) is 1.81. The Hall–Kier alpha value is -2.84. The SMILES string of the molecule is Cc1nc(-c2ccccc2)nc(N2CCN(S(C)(=O)=O)CC2)c1Cc1ccc(F)cc1. The Morgan fingerprint density at radius 1 is 0.935 bits per heavy atom. The summed E-state index contributed by atoms with van der Waals surface area (Å²) >= 11 is 0. The van der Waals surface area contributed by atoms with Gasteiger partial charge in [-0.05, 0) is 24.6 Å². The number of anilines is 1. The van der Waals surface area contributed by atoms with Gasteiger partial charge in [-0.25, -0.2) is 22.8 Å². The number of sulfonamides is 1. The van der Waals surface area contributed by atoms with E-state index in [4.69, 9.17) is 9.97 Å². The van der Waals surface area contributed by atoms with Gasteiger partial charge in [-0.3, -0.25) is 0 Å². The van der Waals surface area contributed by atoms with E-state index in [1.807, 2.05) is 37.3 Å². The number of benzene rings is 2. The van der Waals surface area contributed by atoms with Gasteiger partial charge in [-0.1, -0.05) is 42.5 Å². The molecule has 162 valence electrons.